The average Bonchev–Trinajstić information content (AvgIpc) is 2.99. The molecule has 6 aliphatic carbocycles. The van der Waals surface area contributed by atoms with Gasteiger partial charge in [0.2, 0.25) is 0 Å². The molecule has 0 aromatic carbocycles. The Morgan fingerprint density at radius 1 is 1.50 bits per heavy atom. The summed E-state index contributed by atoms with van der Waals surface area (Å²) in [7, 11) is 0. The second kappa shape index (κ2) is 2.71. The van der Waals surface area contributed by atoms with Crippen LogP contribution >= 0.6 is 22.6 Å². The van der Waals surface area contributed by atoms with Crippen molar-refractivity contribution in [2.24, 2.45) is 52.3 Å². The molecule has 6 heteroatoms. The lowest BCUT2D eigenvalue weighted by atomic mass is 9.70. The second-order valence-corrected chi connectivity index (χ2v) is 7.83. The molecule has 4 nitrogen and oxygen atoms in total. The molecule has 0 radical (unpaired) electrons. The molecule has 18 heavy (non-hydrogen) atoms. The molecule has 0 aromatic heterocycles. The van der Waals surface area contributed by atoms with Crippen molar-refractivity contribution >= 4 is 34.3 Å². The van der Waals surface area contributed by atoms with E-state index in [2.05, 4.69) is 33.1 Å². The van der Waals surface area contributed by atoms with Crippen molar-refractivity contribution in [3.63, 3.8) is 0 Å². The summed E-state index contributed by atoms with van der Waals surface area (Å²) in [5.41, 5.74) is 7.26. The topological polar surface area (TPSA) is 67.5 Å². The molecule has 6 rings (SSSR count). The van der Waals surface area contributed by atoms with Gasteiger partial charge in [-0.15, -0.1) is 0 Å². The Labute approximate surface area is 117 Å². The van der Waals surface area contributed by atoms with Crippen LogP contribution in [0.15, 0.2) is 5.10 Å². The number of alkyl halides is 2. The molecule has 6 bridgehead atoms. The number of nitrogens with two attached hydrogens (primary N) is 1. The van der Waals surface area contributed by atoms with Gasteiger partial charge in [-0.3, -0.25) is 0 Å². The van der Waals surface area contributed by atoms with E-state index in [-0.39, 0.29) is 21.7 Å². The van der Waals surface area contributed by atoms with Crippen molar-refractivity contribution in [2.45, 2.75) is 16.0 Å². The van der Waals surface area contributed by atoms with Crippen molar-refractivity contribution in [2.75, 3.05) is 0 Å². The Bertz CT molecular complexity index is 523. The van der Waals surface area contributed by atoms with Crippen LogP contribution in [0.5, 0.6) is 0 Å². The summed E-state index contributed by atoms with van der Waals surface area (Å²) in [6, 6.07) is -0.653. The minimum atomic E-state index is -1.05. The molecule has 0 aromatic rings. The summed E-state index contributed by atoms with van der Waals surface area (Å²) < 4.78 is 15.6. The molecule has 3 N–H and O–H groups in total. The number of carbonyl (C=O) groups is 1. The number of primary amides is 1. The molecule has 0 spiro atoms. The lowest BCUT2D eigenvalue weighted by molar-refractivity contribution is 0.0218. The summed E-state index contributed by atoms with van der Waals surface area (Å²) in [5.74, 6) is 2.70. The molecule has 0 heterocycles. The van der Waals surface area contributed by atoms with Crippen LogP contribution in [0.4, 0.5) is 9.18 Å². The Morgan fingerprint density at radius 2 is 2.28 bits per heavy atom. The van der Waals surface area contributed by atoms with E-state index in [9.17, 15) is 4.79 Å². The summed E-state index contributed by atoms with van der Waals surface area (Å²) in [5, 5.41) is 4.17. The quantitative estimate of drug-likeness (QED) is 0.413. The van der Waals surface area contributed by atoms with Crippen LogP contribution in [0.3, 0.4) is 0 Å². The van der Waals surface area contributed by atoms with E-state index in [1.54, 1.807) is 0 Å². The molecule has 9 atom stereocenters. The summed E-state index contributed by atoms with van der Waals surface area (Å²) >= 11 is 2.33. The maximum Gasteiger partial charge on any atom is 0.332 e. The highest BCUT2D eigenvalue weighted by Crippen LogP contribution is 2.85. The van der Waals surface area contributed by atoms with Crippen LogP contribution in [0.25, 0.3) is 0 Å². The van der Waals surface area contributed by atoms with Gasteiger partial charge in [0.25, 0.3) is 0 Å². The molecule has 6 saturated carbocycles. The monoisotopic (exact) mass is 361 g/mol. The van der Waals surface area contributed by atoms with Crippen molar-refractivity contribution in [1.82, 2.24) is 5.43 Å². The number of hydrogen-bond acceptors (Lipinski definition) is 2. The van der Waals surface area contributed by atoms with Crippen molar-refractivity contribution in [1.29, 1.82) is 0 Å². The van der Waals surface area contributed by atoms with Gasteiger partial charge in [-0.2, -0.15) is 5.10 Å². The second-order valence-electron chi connectivity index (χ2n) is 6.49. The SMILES string of the molecule is NC(=O)NN=C1[C@H]2[C@H]3C[C@H]4[C@H]5[C@@H]3[C@H]1[C@](F)([C@@H]42)[C@@H]5I. The third-order valence-electron chi connectivity index (χ3n) is 6.38. The Kier molecular flexibility index (Phi) is 1.57. The number of rotatable bonds is 1. The first-order valence-electron chi connectivity index (χ1n) is 6.52. The van der Waals surface area contributed by atoms with Crippen LogP contribution in [0, 0.1) is 41.4 Å². The summed E-state index contributed by atoms with van der Waals surface area (Å²) in [4.78, 5) is 10.8. The van der Waals surface area contributed by atoms with Crippen molar-refractivity contribution in [3.05, 3.63) is 0 Å². The minimum Gasteiger partial charge on any atom is -0.350 e. The maximum atomic E-state index is 15.4. The van der Waals surface area contributed by atoms with Gasteiger partial charge in [-0.05, 0) is 30.1 Å². The van der Waals surface area contributed by atoms with Gasteiger partial charge in [-0.25, -0.2) is 14.6 Å². The molecule has 0 saturated heterocycles. The molecular weight excluding hydrogens is 348 g/mol. The fourth-order valence-electron chi connectivity index (χ4n) is 6.44. The summed E-state index contributed by atoms with van der Waals surface area (Å²) in [6.07, 6.45) is 1.18. The normalized spacial score (nSPS) is 66.9. The molecule has 6 fully saturated rings. The molecule has 96 valence electrons. The molecule has 0 unspecified atom stereocenters. The van der Waals surface area contributed by atoms with Gasteiger partial charge in [0.15, 0.2) is 0 Å². The van der Waals surface area contributed by atoms with Crippen LogP contribution in [-0.4, -0.2) is 21.3 Å². The van der Waals surface area contributed by atoms with Crippen molar-refractivity contribution < 1.29 is 9.18 Å². The number of amides is 2. The fourth-order valence-corrected chi connectivity index (χ4v) is 8.26. The number of nitrogens with one attached hydrogen (secondary N) is 1. The lowest BCUT2D eigenvalue weighted by Crippen LogP contribution is -2.42. The number of urea groups is 1. The first-order chi connectivity index (χ1) is 8.56. The Hall–Kier alpha value is -0.400. The molecule has 2 amide bonds. The zero-order chi connectivity index (χ0) is 12.4. The highest BCUT2D eigenvalue weighted by Gasteiger charge is 2.89. The maximum absolute atomic E-state index is 15.4. The van der Waals surface area contributed by atoms with Gasteiger partial charge in [-0.1, -0.05) is 22.6 Å². The number of nitrogens with zero attached hydrogens (tertiary/aromatic N) is 1. The number of halogens is 2. The Balaban J connectivity index is 1.67. The van der Waals surface area contributed by atoms with Gasteiger partial charge in [0.1, 0.15) is 5.67 Å². The number of carbonyl (C=O) groups excluding carboxylic acids is 1. The smallest absolute Gasteiger partial charge is 0.332 e. The van der Waals surface area contributed by atoms with Crippen LogP contribution in [0.2, 0.25) is 0 Å². The van der Waals surface area contributed by atoms with E-state index in [0.29, 0.717) is 23.7 Å². The predicted octanol–water partition coefficient (Wildman–Crippen LogP) is 1.29. The van der Waals surface area contributed by atoms with Gasteiger partial charge < -0.3 is 5.73 Å². The lowest BCUT2D eigenvalue weighted by Gasteiger charge is -2.36. The zero-order valence-corrected chi connectivity index (χ0v) is 11.7. The van der Waals surface area contributed by atoms with E-state index < -0.39 is 11.7 Å². The standard InChI is InChI=1S/C12H13FIN3O/c13-12-7-3-1-2-4(5(3)10(12)14)8(12)9(6(2)7)16-17-11(15)18/h2-8,10H,1H2,(H3,15,17,18)/t2-,3-,4+,5-,6-,7-,8+,10+,12+/m0/s1. The van der Waals surface area contributed by atoms with Crippen LogP contribution in [0.1, 0.15) is 6.42 Å². The van der Waals surface area contributed by atoms with E-state index in [4.69, 9.17) is 5.73 Å². The highest BCUT2D eigenvalue weighted by atomic mass is 127. The minimum absolute atomic E-state index is 0.0324. The van der Waals surface area contributed by atoms with Crippen molar-refractivity contribution in [3.8, 4) is 0 Å². The van der Waals surface area contributed by atoms with E-state index in [0.717, 1.165) is 5.71 Å². The van der Waals surface area contributed by atoms with Gasteiger partial charge >= 0.3 is 6.03 Å². The first kappa shape index (κ1) is 10.4. The predicted molar refractivity (Wildman–Crippen MR) is 70.8 cm³/mol. The van der Waals surface area contributed by atoms with E-state index >= 15 is 4.39 Å². The highest BCUT2D eigenvalue weighted by molar-refractivity contribution is 14.1. The Morgan fingerprint density at radius 3 is 2.94 bits per heavy atom. The number of hydrogen-bond donors (Lipinski definition) is 2. The zero-order valence-electron chi connectivity index (χ0n) is 9.51. The average molecular weight is 361 g/mol. The summed E-state index contributed by atoms with van der Waals surface area (Å²) in [6.45, 7) is 0. The van der Waals surface area contributed by atoms with Crippen LogP contribution in [-0.2, 0) is 0 Å². The third-order valence-corrected chi connectivity index (χ3v) is 8.16. The largest absolute Gasteiger partial charge is 0.350 e. The van der Waals surface area contributed by atoms with E-state index in [1.807, 2.05) is 0 Å². The molecular formula is C12H13FIN3O. The fraction of sp³-hybridized carbons (Fsp3) is 0.833. The molecule has 0 aliphatic heterocycles. The van der Waals surface area contributed by atoms with E-state index in [1.165, 1.54) is 6.42 Å². The van der Waals surface area contributed by atoms with Gasteiger partial charge in [0, 0.05) is 27.4 Å². The van der Waals surface area contributed by atoms with Crippen LogP contribution < -0.4 is 11.2 Å². The molecule has 6 aliphatic rings. The first-order valence-corrected chi connectivity index (χ1v) is 7.77. The third kappa shape index (κ3) is 0.750. The van der Waals surface area contributed by atoms with Gasteiger partial charge in [0.05, 0.1) is 0 Å². The number of hydrazone groups is 1.